The normalized spacial score (nSPS) is 10.5. The average molecular weight is 267 g/mol. The van der Waals surface area contributed by atoms with Crippen molar-refractivity contribution in [1.29, 1.82) is 0 Å². The van der Waals surface area contributed by atoms with Gasteiger partial charge in [0.15, 0.2) is 0 Å². The van der Waals surface area contributed by atoms with E-state index in [2.05, 4.69) is 15.9 Å². The predicted molar refractivity (Wildman–Crippen MR) is 60.3 cm³/mol. The summed E-state index contributed by atoms with van der Waals surface area (Å²) in [6, 6.07) is 7.89. The van der Waals surface area contributed by atoms with Crippen molar-refractivity contribution in [2.24, 2.45) is 0 Å². The molecule has 2 aromatic carbocycles. The van der Waals surface area contributed by atoms with Crippen LogP contribution in [-0.2, 0) is 0 Å². The van der Waals surface area contributed by atoms with Gasteiger partial charge in [-0.1, -0.05) is 22.0 Å². The van der Waals surface area contributed by atoms with E-state index in [0.29, 0.717) is 10.8 Å². The Hall–Kier alpha value is -1.55. The Bertz CT molecular complexity index is 549. The van der Waals surface area contributed by atoms with Crippen molar-refractivity contribution < 1.29 is 15.0 Å². The van der Waals surface area contributed by atoms with Gasteiger partial charge in [-0.3, -0.25) is 0 Å². The maximum atomic E-state index is 10.9. The van der Waals surface area contributed by atoms with Crippen LogP contribution in [0.2, 0.25) is 0 Å². The number of benzene rings is 2. The van der Waals surface area contributed by atoms with Crippen molar-refractivity contribution in [2.75, 3.05) is 0 Å². The first kappa shape index (κ1) is 9.98. The molecule has 3 nitrogen and oxygen atoms in total. The zero-order valence-corrected chi connectivity index (χ0v) is 9.15. The minimum Gasteiger partial charge on any atom is -0.507 e. The molecule has 0 aliphatic rings. The molecule has 0 aliphatic carbocycles. The molecule has 0 spiro atoms. The van der Waals surface area contributed by atoms with Gasteiger partial charge in [0.05, 0.1) is 5.56 Å². The highest BCUT2D eigenvalue weighted by Gasteiger charge is 2.10. The molecule has 0 aliphatic heterocycles. The monoisotopic (exact) mass is 266 g/mol. The number of aromatic carboxylic acids is 1. The number of rotatable bonds is 1. The summed E-state index contributed by atoms with van der Waals surface area (Å²) in [5.74, 6) is -0.918. The Kier molecular flexibility index (Phi) is 2.36. The minimum atomic E-state index is -0.998. The van der Waals surface area contributed by atoms with E-state index >= 15 is 0 Å². The molecule has 0 bridgehead atoms. The van der Waals surface area contributed by atoms with Crippen LogP contribution in [0.15, 0.2) is 34.8 Å². The van der Waals surface area contributed by atoms with Crippen molar-refractivity contribution in [1.82, 2.24) is 0 Å². The van der Waals surface area contributed by atoms with E-state index in [1.165, 1.54) is 12.1 Å². The van der Waals surface area contributed by atoms with Crippen LogP contribution in [0.3, 0.4) is 0 Å². The molecule has 2 N–H and O–H groups in total. The van der Waals surface area contributed by atoms with E-state index in [1.54, 1.807) is 18.2 Å². The van der Waals surface area contributed by atoms with Gasteiger partial charge in [0, 0.05) is 9.86 Å². The summed E-state index contributed by atoms with van der Waals surface area (Å²) in [5.41, 5.74) is 0.190. The third kappa shape index (κ3) is 1.68. The van der Waals surface area contributed by atoms with Crippen molar-refractivity contribution >= 4 is 32.7 Å². The molecule has 0 aromatic heterocycles. The van der Waals surface area contributed by atoms with E-state index in [0.717, 1.165) is 4.47 Å². The van der Waals surface area contributed by atoms with Crippen LogP contribution in [0.1, 0.15) is 10.4 Å². The molecule has 0 amide bonds. The molecule has 0 saturated carbocycles. The van der Waals surface area contributed by atoms with Crippen LogP contribution in [-0.4, -0.2) is 16.2 Å². The third-order valence-electron chi connectivity index (χ3n) is 2.19. The topological polar surface area (TPSA) is 57.5 Å². The van der Waals surface area contributed by atoms with Gasteiger partial charge in [-0.2, -0.15) is 0 Å². The highest BCUT2D eigenvalue weighted by molar-refractivity contribution is 9.10. The second-order valence-corrected chi connectivity index (χ2v) is 4.04. The number of hydrogen-bond acceptors (Lipinski definition) is 2. The Labute approximate surface area is 94.1 Å². The second-order valence-electron chi connectivity index (χ2n) is 3.13. The van der Waals surface area contributed by atoms with Gasteiger partial charge in [0.1, 0.15) is 5.75 Å². The van der Waals surface area contributed by atoms with Gasteiger partial charge in [-0.15, -0.1) is 0 Å². The summed E-state index contributed by atoms with van der Waals surface area (Å²) >= 11 is 3.27. The lowest BCUT2D eigenvalue weighted by Gasteiger charge is -2.04. The van der Waals surface area contributed by atoms with Crippen molar-refractivity contribution in [3.8, 4) is 5.75 Å². The van der Waals surface area contributed by atoms with Gasteiger partial charge in [0.25, 0.3) is 0 Å². The summed E-state index contributed by atoms with van der Waals surface area (Å²) in [7, 11) is 0. The quantitative estimate of drug-likeness (QED) is 0.834. The molecule has 4 heteroatoms. The zero-order chi connectivity index (χ0) is 11.0. The number of carbonyl (C=O) groups is 1. The number of hydrogen-bond donors (Lipinski definition) is 2. The predicted octanol–water partition coefficient (Wildman–Crippen LogP) is 3.01. The first-order chi connectivity index (χ1) is 7.09. The molecule has 2 rings (SSSR count). The van der Waals surface area contributed by atoms with Gasteiger partial charge < -0.3 is 10.2 Å². The van der Waals surface area contributed by atoms with Gasteiger partial charge in [0.2, 0.25) is 0 Å². The van der Waals surface area contributed by atoms with Crippen molar-refractivity contribution in [3.05, 3.63) is 40.4 Å². The molecular formula is C11H7BrO3. The fraction of sp³-hybridized carbons (Fsp3) is 0. The molecule has 2 aromatic rings. The lowest BCUT2D eigenvalue weighted by atomic mass is 10.0. The first-order valence-electron chi connectivity index (χ1n) is 4.24. The van der Waals surface area contributed by atoms with E-state index in [9.17, 15) is 9.90 Å². The summed E-state index contributed by atoms with van der Waals surface area (Å²) in [4.78, 5) is 10.9. The largest absolute Gasteiger partial charge is 0.507 e. The molecule has 15 heavy (non-hydrogen) atoms. The lowest BCUT2D eigenvalue weighted by molar-refractivity contribution is 0.0699. The number of carboxylic acid groups (broad SMARTS) is 1. The number of phenols is 1. The SMILES string of the molecule is O=C(O)c1ccc(O)c2cc(Br)ccc12. The number of carboxylic acids is 1. The summed E-state index contributed by atoms with van der Waals surface area (Å²) < 4.78 is 0.799. The number of halogens is 1. The summed E-state index contributed by atoms with van der Waals surface area (Å²) in [6.07, 6.45) is 0. The fourth-order valence-electron chi connectivity index (χ4n) is 1.49. The summed E-state index contributed by atoms with van der Waals surface area (Å²) in [5, 5.41) is 19.6. The third-order valence-corrected chi connectivity index (χ3v) is 2.68. The maximum absolute atomic E-state index is 10.9. The number of phenolic OH excluding ortho intramolecular Hbond substituents is 1. The van der Waals surface area contributed by atoms with Gasteiger partial charge in [-0.05, 0) is 29.7 Å². The molecule has 0 radical (unpaired) electrons. The molecule has 0 saturated heterocycles. The second kappa shape index (κ2) is 3.55. The average Bonchev–Trinajstić information content (AvgIpc) is 2.19. The Balaban J connectivity index is 2.88. The molecule has 0 atom stereocenters. The molecule has 0 heterocycles. The smallest absolute Gasteiger partial charge is 0.336 e. The van der Waals surface area contributed by atoms with Crippen molar-refractivity contribution in [2.45, 2.75) is 0 Å². The van der Waals surface area contributed by atoms with Crippen molar-refractivity contribution in [3.63, 3.8) is 0 Å². The fourth-order valence-corrected chi connectivity index (χ4v) is 1.85. The van der Waals surface area contributed by atoms with Crippen LogP contribution in [0.5, 0.6) is 5.75 Å². The van der Waals surface area contributed by atoms with Crippen LogP contribution in [0, 0.1) is 0 Å². The Morgan fingerprint density at radius 2 is 1.87 bits per heavy atom. The highest BCUT2D eigenvalue weighted by Crippen LogP contribution is 2.30. The van der Waals surface area contributed by atoms with Crippen LogP contribution >= 0.6 is 15.9 Å². The summed E-state index contributed by atoms with van der Waals surface area (Å²) in [6.45, 7) is 0. The lowest BCUT2D eigenvalue weighted by Crippen LogP contribution is -1.97. The molecular weight excluding hydrogens is 260 g/mol. The van der Waals surface area contributed by atoms with E-state index in [4.69, 9.17) is 5.11 Å². The maximum Gasteiger partial charge on any atom is 0.336 e. The minimum absolute atomic E-state index is 0.0799. The standard InChI is InChI=1S/C11H7BrO3/c12-6-1-2-7-8(11(14)15)3-4-10(13)9(7)5-6/h1-5,13H,(H,14,15). The van der Waals surface area contributed by atoms with E-state index in [-0.39, 0.29) is 11.3 Å². The Morgan fingerprint density at radius 3 is 2.53 bits per heavy atom. The van der Waals surface area contributed by atoms with Gasteiger partial charge in [-0.25, -0.2) is 4.79 Å². The number of fused-ring (bicyclic) bond motifs is 1. The van der Waals surface area contributed by atoms with E-state index < -0.39 is 5.97 Å². The van der Waals surface area contributed by atoms with Crippen LogP contribution in [0.25, 0.3) is 10.8 Å². The first-order valence-corrected chi connectivity index (χ1v) is 5.03. The van der Waals surface area contributed by atoms with Gasteiger partial charge >= 0.3 is 5.97 Å². The number of aromatic hydroxyl groups is 1. The van der Waals surface area contributed by atoms with Crippen LogP contribution in [0.4, 0.5) is 0 Å². The molecule has 0 unspecified atom stereocenters. The Morgan fingerprint density at radius 1 is 1.13 bits per heavy atom. The van der Waals surface area contributed by atoms with Crippen LogP contribution < -0.4 is 0 Å². The molecule has 0 fully saturated rings. The van der Waals surface area contributed by atoms with E-state index in [1.807, 2.05) is 0 Å². The molecule has 76 valence electrons. The zero-order valence-electron chi connectivity index (χ0n) is 7.57. The highest BCUT2D eigenvalue weighted by atomic mass is 79.9.